The maximum atomic E-state index is 11.1. The summed E-state index contributed by atoms with van der Waals surface area (Å²) >= 11 is 0. The van der Waals surface area contributed by atoms with Crippen LogP contribution in [0, 0.1) is 0 Å². The van der Waals surface area contributed by atoms with Crippen molar-refractivity contribution < 1.29 is 4.79 Å². The number of nitrogens with one attached hydrogen (secondary N) is 1. The minimum Gasteiger partial charge on any atom is -0.350 e. The van der Waals surface area contributed by atoms with Gasteiger partial charge in [-0.3, -0.25) is 4.79 Å². The summed E-state index contributed by atoms with van der Waals surface area (Å²) in [4.78, 5) is 11.1. The molecule has 1 amide bonds. The lowest BCUT2D eigenvalue weighted by Gasteiger charge is -2.12. The summed E-state index contributed by atoms with van der Waals surface area (Å²) in [6, 6.07) is 0.272. The molecule has 0 aliphatic heterocycles. The van der Waals surface area contributed by atoms with Crippen molar-refractivity contribution in [2.75, 3.05) is 0 Å². The standard InChI is InChI=1S/C10H19NO/c1-5-6-7-9(4)11-10(12)8(2)3/h9H,2,5-7H2,1,3-4H3,(H,11,12). The molecular formula is C10H19NO. The Labute approximate surface area is 75.0 Å². The van der Waals surface area contributed by atoms with Crippen molar-refractivity contribution in [3.8, 4) is 0 Å². The molecule has 0 saturated carbocycles. The van der Waals surface area contributed by atoms with Crippen LogP contribution in [-0.4, -0.2) is 11.9 Å². The van der Waals surface area contributed by atoms with Crippen LogP contribution in [0.2, 0.25) is 0 Å². The van der Waals surface area contributed by atoms with Gasteiger partial charge < -0.3 is 5.32 Å². The van der Waals surface area contributed by atoms with Gasteiger partial charge in [0.2, 0.25) is 5.91 Å². The SMILES string of the molecule is C=C(C)C(=O)NC(C)CCCC. The number of hydrogen-bond donors (Lipinski definition) is 1. The normalized spacial score (nSPS) is 12.2. The van der Waals surface area contributed by atoms with Crippen LogP contribution in [-0.2, 0) is 4.79 Å². The van der Waals surface area contributed by atoms with Gasteiger partial charge >= 0.3 is 0 Å². The molecule has 2 nitrogen and oxygen atoms in total. The van der Waals surface area contributed by atoms with Gasteiger partial charge in [-0.05, 0) is 20.3 Å². The Kier molecular flexibility index (Phi) is 5.43. The molecule has 1 N–H and O–H groups in total. The average molecular weight is 169 g/mol. The Bertz CT molecular complexity index is 163. The molecular weight excluding hydrogens is 150 g/mol. The van der Waals surface area contributed by atoms with Crippen molar-refractivity contribution in [1.82, 2.24) is 5.32 Å². The fourth-order valence-corrected chi connectivity index (χ4v) is 0.929. The predicted molar refractivity (Wildman–Crippen MR) is 51.9 cm³/mol. The Morgan fingerprint density at radius 1 is 1.58 bits per heavy atom. The molecule has 70 valence electrons. The van der Waals surface area contributed by atoms with E-state index in [-0.39, 0.29) is 11.9 Å². The van der Waals surface area contributed by atoms with E-state index in [1.165, 1.54) is 6.42 Å². The summed E-state index contributed by atoms with van der Waals surface area (Å²) in [6.45, 7) is 9.47. The van der Waals surface area contributed by atoms with Crippen LogP contribution >= 0.6 is 0 Å². The summed E-state index contributed by atoms with van der Waals surface area (Å²) in [6.07, 6.45) is 3.39. The van der Waals surface area contributed by atoms with Gasteiger partial charge in [-0.1, -0.05) is 26.3 Å². The molecule has 0 saturated heterocycles. The average Bonchev–Trinajstić information content (AvgIpc) is 2.00. The molecule has 12 heavy (non-hydrogen) atoms. The third-order valence-electron chi connectivity index (χ3n) is 1.76. The van der Waals surface area contributed by atoms with Crippen molar-refractivity contribution in [3.63, 3.8) is 0 Å². The highest BCUT2D eigenvalue weighted by Gasteiger charge is 2.05. The monoisotopic (exact) mass is 169 g/mol. The number of hydrogen-bond acceptors (Lipinski definition) is 1. The molecule has 0 aromatic rings. The number of carbonyl (C=O) groups excluding carboxylic acids is 1. The van der Waals surface area contributed by atoms with Gasteiger partial charge in [-0.2, -0.15) is 0 Å². The smallest absolute Gasteiger partial charge is 0.246 e. The van der Waals surface area contributed by atoms with Gasteiger partial charge in [0, 0.05) is 11.6 Å². The van der Waals surface area contributed by atoms with Crippen LogP contribution in [0.25, 0.3) is 0 Å². The summed E-state index contributed by atoms with van der Waals surface area (Å²) in [5, 5.41) is 2.88. The summed E-state index contributed by atoms with van der Waals surface area (Å²) < 4.78 is 0. The van der Waals surface area contributed by atoms with Gasteiger partial charge in [0.1, 0.15) is 0 Å². The topological polar surface area (TPSA) is 29.1 Å². The van der Waals surface area contributed by atoms with Gasteiger partial charge in [0.15, 0.2) is 0 Å². The zero-order valence-corrected chi connectivity index (χ0v) is 8.31. The highest BCUT2D eigenvalue weighted by Crippen LogP contribution is 2.00. The Morgan fingerprint density at radius 3 is 2.58 bits per heavy atom. The third-order valence-corrected chi connectivity index (χ3v) is 1.76. The van der Waals surface area contributed by atoms with E-state index >= 15 is 0 Å². The van der Waals surface area contributed by atoms with E-state index in [0.29, 0.717) is 5.57 Å². The van der Waals surface area contributed by atoms with E-state index in [9.17, 15) is 4.79 Å². The van der Waals surface area contributed by atoms with E-state index in [2.05, 4.69) is 18.8 Å². The third kappa shape index (κ3) is 4.94. The minimum atomic E-state index is -0.0291. The first-order chi connectivity index (χ1) is 5.57. The second kappa shape index (κ2) is 5.81. The highest BCUT2D eigenvalue weighted by atomic mass is 16.1. The Hall–Kier alpha value is -0.790. The lowest BCUT2D eigenvalue weighted by Crippen LogP contribution is -2.32. The molecule has 0 rings (SSSR count). The van der Waals surface area contributed by atoms with Crippen LogP contribution in [0.1, 0.15) is 40.0 Å². The largest absolute Gasteiger partial charge is 0.350 e. The number of amides is 1. The van der Waals surface area contributed by atoms with E-state index in [1.54, 1.807) is 6.92 Å². The van der Waals surface area contributed by atoms with Crippen molar-refractivity contribution >= 4 is 5.91 Å². The minimum absolute atomic E-state index is 0.0291. The fourth-order valence-electron chi connectivity index (χ4n) is 0.929. The lowest BCUT2D eigenvalue weighted by molar-refractivity contribution is -0.118. The van der Waals surface area contributed by atoms with Crippen molar-refractivity contribution in [2.45, 2.75) is 46.1 Å². The Morgan fingerprint density at radius 2 is 2.17 bits per heavy atom. The second-order valence-electron chi connectivity index (χ2n) is 3.30. The zero-order chi connectivity index (χ0) is 9.56. The maximum absolute atomic E-state index is 11.1. The molecule has 0 aliphatic rings. The molecule has 1 unspecified atom stereocenters. The van der Waals surface area contributed by atoms with Gasteiger partial charge in [-0.25, -0.2) is 0 Å². The maximum Gasteiger partial charge on any atom is 0.246 e. The molecule has 0 heterocycles. The van der Waals surface area contributed by atoms with E-state index in [1.807, 2.05) is 6.92 Å². The zero-order valence-electron chi connectivity index (χ0n) is 8.31. The summed E-state index contributed by atoms with van der Waals surface area (Å²) in [7, 11) is 0. The summed E-state index contributed by atoms with van der Waals surface area (Å²) in [5.41, 5.74) is 0.582. The number of unbranched alkanes of at least 4 members (excludes halogenated alkanes) is 1. The number of carbonyl (C=O) groups is 1. The Balaban J connectivity index is 3.61. The number of rotatable bonds is 5. The van der Waals surface area contributed by atoms with Crippen LogP contribution in [0.4, 0.5) is 0 Å². The first-order valence-corrected chi connectivity index (χ1v) is 4.54. The van der Waals surface area contributed by atoms with E-state index < -0.39 is 0 Å². The molecule has 0 fully saturated rings. The predicted octanol–water partition coefficient (Wildman–Crippen LogP) is 2.26. The van der Waals surface area contributed by atoms with Crippen LogP contribution in [0.15, 0.2) is 12.2 Å². The van der Waals surface area contributed by atoms with Gasteiger partial charge in [0.25, 0.3) is 0 Å². The molecule has 0 bridgehead atoms. The van der Waals surface area contributed by atoms with E-state index in [0.717, 1.165) is 12.8 Å². The van der Waals surface area contributed by atoms with Crippen LogP contribution < -0.4 is 5.32 Å². The van der Waals surface area contributed by atoms with Crippen LogP contribution in [0.3, 0.4) is 0 Å². The van der Waals surface area contributed by atoms with E-state index in [4.69, 9.17) is 0 Å². The van der Waals surface area contributed by atoms with Gasteiger partial charge in [-0.15, -0.1) is 0 Å². The molecule has 1 atom stereocenters. The van der Waals surface area contributed by atoms with Crippen molar-refractivity contribution in [3.05, 3.63) is 12.2 Å². The molecule has 0 aliphatic carbocycles. The molecule has 0 spiro atoms. The highest BCUT2D eigenvalue weighted by molar-refractivity contribution is 5.92. The molecule has 0 aromatic heterocycles. The summed E-state index contributed by atoms with van der Waals surface area (Å²) in [5.74, 6) is -0.0291. The van der Waals surface area contributed by atoms with Crippen LogP contribution in [0.5, 0.6) is 0 Å². The molecule has 2 heteroatoms. The molecule has 0 aromatic carbocycles. The van der Waals surface area contributed by atoms with Crippen molar-refractivity contribution in [2.24, 2.45) is 0 Å². The quantitative estimate of drug-likeness (QED) is 0.628. The lowest BCUT2D eigenvalue weighted by atomic mass is 10.1. The molecule has 0 radical (unpaired) electrons. The second-order valence-corrected chi connectivity index (χ2v) is 3.30. The van der Waals surface area contributed by atoms with Crippen molar-refractivity contribution in [1.29, 1.82) is 0 Å². The first-order valence-electron chi connectivity index (χ1n) is 4.54. The fraction of sp³-hybridized carbons (Fsp3) is 0.700. The first kappa shape index (κ1) is 11.2. The van der Waals surface area contributed by atoms with Gasteiger partial charge in [0.05, 0.1) is 0 Å².